The smallest absolute Gasteiger partial charge is 0.412 e. The predicted molar refractivity (Wildman–Crippen MR) is 185 cm³/mol. The molecule has 0 saturated heterocycles. The Morgan fingerprint density at radius 1 is 0.900 bits per heavy atom. The van der Waals surface area contributed by atoms with Crippen LogP contribution in [0.1, 0.15) is 46.1 Å². The number of Topliss-reactive ketones (excluding diaryl/α,β-unsaturated/α-hetero) is 1. The Kier molecular flexibility index (Phi) is 13.0. The molecule has 262 valence electrons. The van der Waals surface area contributed by atoms with E-state index in [9.17, 15) is 24.0 Å². The molecule has 2 N–H and O–H groups in total. The van der Waals surface area contributed by atoms with Crippen molar-refractivity contribution in [2.45, 2.75) is 71.2 Å². The quantitative estimate of drug-likeness (QED) is 0.132. The molecule has 2 heterocycles. The van der Waals surface area contributed by atoms with Crippen molar-refractivity contribution in [3.63, 3.8) is 0 Å². The number of carbonyl (C=O) groups is 4. The maximum Gasteiger partial charge on any atom is 0.412 e. The fourth-order valence-electron chi connectivity index (χ4n) is 5.00. The van der Waals surface area contributed by atoms with Gasteiger partial charge in [0, 0.05) is 31.2 Å². The lowest BCUT2D eigenvalue weighted by Gasteiger charge is -2.27. The van der Waals surface area contributed by atoms with E-state index in [-0.39, 0.29) is 31.0 Å². The Labute approximate surface area is 290 Å². The first-order valence-electron chi connectivity index (χ1n) is 16.1. The molecule has 0 aliphatic heterocycles. The summed E-state index contributed by atoms with van der Waals surface area (Å²) in [5, 5.41) is 5.25. The third-order valence-electron chi connectivity index (χ3n) is 7.09. The van der Waals surface area contributed by atoms with E-state index in [1.54, 1.807) is 75.5 Å². The zero-order valence-electron chi connectivity index (χ0n) is 28.5. The topological polar surface area (TPSA) is 168 Å². The standard InChI is InChI=1S/C37H41N5O8/c1-25(43)49-33(30(44)18-13-21-48-32-19-11-12-20-38-32)28(22-26-14-7-5-8-15-26)40-31(45)24-42-34(27-16-9-6-10-17-27)39-23-29(35(42)46)41-36(47)50-37(2,3)4/h5-12,14-17,19-20,23,28,33H,13,18,21-22,24H2,1-4H3,(H,40,45)(H,41,47)/t28-,33+/m0/s1. The minimum absolute atomic E-state index is 0.00808. The van der Waals surface area contributed by atoms with E-state index >= 15 is 0 Å². The number of pyridine rings is 1. The molecule has 0 aliphatic carbocycles. The van der Waals surface area contributed by atoms with Gasteiger partial charge in [-0.05, 0) is 45.2 Å². The third-order valence-corrected chi connectivity index (χ3v) is 7.09. The molecule has 13 heteroatoms. The molecule has 0 bridgehead atoms. The van der Waals surface area contributed by atoms with Crippen LogP contribution in [0, 0.1) is 0 Å². The van der Waals surface area contributed by atoms with E-state index in [0.717, 1.165) is 10.1 Å². The fraction of sp³-hybridized carbons (Fsp3) is 0.324. The number of amides is 2. The highest BCUT2D eigenvalue weighted by molar-refractivity contribution is 5.87. The number of rotatable bonds is 15. The van der Waals surface area contributed by atoms with Gasteiger partial charge in [0.05, 0.1) is 18.8 Å². The molecular weight excluding hydrogens is 642 g/mol. The summed E-state index contributed by atoms with van der Waals surface area (Å²) in [6, 6.07) is 22.1. The van der Waals surface area contributed by atoms with Crippen molar-refractivity contribution in [2.24, 2.45) is 0 Å². The average molecular weight is 684 g/mol. The first-order chi connectivity index (χ1) is 23.9. The highest BCUT2D eigenvalue weighted by atomic mass is 16.6. The van der Waals surface area contributed by atoms with E-state index in [1.165, 1.54) is 13.1 Å². The molecule has 0 fully saturated rings. The molecule has 0 spiro atoms. The van der Waals surface area contributed by atoms with Crippen molar-refractivity contribution in [2.75, 3.05) is 11.9 Å². The van der Waals surface area contributed by atoms with Crippen molar-refractivity contribution in [1.29, 1.82) is 0 Å². The van der Waals surface area contributed by atoms with Gasteiger partial charge in [0.25, 0.3) is 5.56 Å². The van der Waals surface area contributed by atoms with Gasteiger partial charge in [-0.15, -0.1) is 0 Å². The maximum atomic E-state index is 13.8. The highest BCUT2D eigenvalue weighted by Crippen LogP contribution is 2.18. The normalized spacial score (nSPS) is 12.2. The molecular formula is C37H41N5O8. The zero-order valence-corrected chi connectivity index (χ0v) is 28.5. The Morgan fingerprint density at radius 3 is 2.22 bits per heavy atom. The number of benzene rings is 2. The van der Waals surface area contributed by atoms with Gasteiger partial charge in [-0.25, -0.2) is 14.8 Å². The van der Waals surface area contributed by atoms with Crippen molar-refractivity contribution >= 4 is 29.4 Å². The first-order valence-corrected chi connectivity index (χ1v) is 16.1. The summed E-state index contributed by atoms with van der Waals surface area (Å²) in [6.45, 7) is 5.89. The summed E-state index contributed by atoms with van der Waals surface area (Å²) >= 11 is 0. The molecule has 4 rings (SSSR count). The molecule has 2 amide bonds. The van der Waals surface area contributed by atoms with Gasteiger partial charge in [0.1, 0.15) is 23.7 Å². The Balaban J connectivity index is 1.60. The monoisotopic (exact) mass is 683 g/mol. The highest BCUT2D eigenvalue weighted by Gasteiger charge is 2.33. The van der Waals surface area contributed by atoms with E-state index in [1.807, 2.05) is 30.3 Å². The molecule has 2 atom stereocenters. The fourth-order valence-corrected chi connectivity index (χ4v) is 5.00. The van der Waals surface area contributed by atoms with Crippen LogP contribution in [0.5, 0.6) is 5.88 Å². The number of nitrogens with one attached hydrogen (secondary N) is 2. The second-order valence-corrected chi connectivity index (χ2v) is 12.4. The Bertz CT molecular complexity index is 1810. The number of nitrogens with zero attached hydrogens (tertiary/aromatic N) is 3. The van der Waals surface area contributed by atoms with Crippen LogP contribution in [0.25, 0.3) is 11.4 Å². The molecule has 0 aliphatic rings. The number of ether oxygens (including phenoxy) is 3. The summed E-state index contributed by atoms with van der Waals surface area (Å²) in [6.07, 6.45) is 1.03. The van der Waals surface area contributed by atoms with Crippen LogP contribution < -0.4 is 20.9 Å². The van der Waals surface area contributed by atoms with Crippen LogP contribution in [0.3, 0.4) is 0 Å². The van der Waals surface area contributed by atoms with Crippen molar-refractivity contribution < 1.29 is 33.4 Å². The molecule has 4 aromatic rings. The lowest BCUT2D eigenvalue weighted by Crippen LogP contribution is -2.51. The van der Waals surface area contributed by atoms with Gasteiger partial charge < -0.3 is 19.5 Å². The predicted octanol–water partition coefficient (Wildman–Crippen LogP) is 4.74. The van der Waals surface area contributed by atoms with Crippen molar-refractivity contribution in [3.05, 3.63) is 107 Å². The summed E-state index contributed by atoms with van der Waals surface area (Å²) in [5.74, 6) is -1.20. The van der Waals surface area contributed by atoms with Gasteiger partial charge in [0.15, 0.2) is 11.9 Å². The van der Waals surface area contributed by atoms with Crippen LogP contribution in [-0.4, -0.2) is 62.6 Å². The zero-order chi connectivity index (χ0) is 36.1. The van der Waals surface area contributed by atoms with Crippen LogP contribution in [0.2, 0.25) is 0 Å². The van der Waals surface area contributed by atoms with Crippen LogP contribution in [-0.2, 0) is 36.8 Å². The van der Waals surface area contributed by atoms with Crippen LogP contribution in [0.15, 0.2) is 96.1 Å². The van der Waals surface area contributed by atoms with Crippen molar-refractivity contribution in [3.8, 4) is 17.3 Å². The van der Waals surface area contributed by atoms with E-state index < -0.39 is 53.6 Å². The van der Waals surface area contributed by atoms with Gasteiger partial charge in [0.2, 0.25) is 11.8 Å². The number of ketones is 1. The third kappa shape index (κ3) is 11.4. The summed E-state index contributed by atoms with van der Waals surface area (Å²) in [5.41, 5.74) is -0.416. The molecule has 2 aromatic carbocycles. The average Bonchev–Trinajstić information content (AvgIpc) is 3.07. The summed E-state index contributed by atoms with van der Waals surface area (Å²) in [7, 11) is 0. The molecule has 13 nitrogen and oxygen atoms in total. The number of aromatic nitrogens is 3. The maximum absolute atomic E-state index is 13.8. The minimum Gasteiger partial charge on any atom is -0.478 e. The van der Waals surface area contributed by atoms with Crippen molar-refractivity contribution in [1.82, 2.24) is 19.9 Å². The molecule has 0 radical (unpaired) electrons. The molecule has 0 unspecified atom stereocenters. The Hall–Kier alpha value is -5.85. The molecule has 50 heavy (non-hydrogen) atoms. The number of carbonyl (C=O) groups excluding carboxylic acids is 4. The summed E-state index contributed by atoms with van der Waals surface area (Å²) < 4.78 is 17.6. The SMILES string of the molecule is CC(=O)O[C@@H](C(=O)CCCOc1ccccn1)[C@H](Cc1ccccc1)NC(=O)Cn1c(-c2ccccc2)ncc(NC(=O)OC(C)(C)C)c1=O. The van der Waals surface area contributed by atoms with Gasteiger partial charge in [-0.2, -0.15) is 0 Å². The summed E-state index contributed by atoms with van der Waals surface area (Å²) in [4.78, 5) is 74.4. The number of esters is 1. The Morgan fingerprint density at radius 2 is 1.58 bits per heavy atom. The molecule has 0 saturated carbocycles. The second kappa shape index (κ2) is 17.5. The largest absolute Gasteiger partial charge is 0.478 e. The number of hydrogen-bond donors (Lipinski definition) is 2. The number of anilines is 1. The van der Waals surface area contributed by atoms with Gasteiger partial charge >= 0.3 is 12.1 Å². The minimum atomic E-state index is -1.34. The van der Waals surface area contributed by atoms with Crippen LogP contribution in [0.4, 0.5) is 10.5 Å². The lowest BCUT2D eigenvalue weighted by atomic mass is 9.96. The van der Waals surface area contributed by atoms with E-state index in [0.29, 0.717) is 17.9 Å². The number of hydrogen-bond acceptors (Lipinski definition) is 10. The van der Waals surface area contributed by atoms with E-state index in [2.05, 4.69) is 20.6 Å². The van der Waals surface area contributed by atoms with Crippen LogP contribution >= 0.6 is 0 Å². The molecule has 2 aromatic heterocycles. The lowest BCUT2D eigenvalue weighted by molar-refractivity contribution is -0.155. The second-order valence-electron chi connectivity index (χ2n) is 12.4. The first kappa shape index (κ1) is 37.0. The van der Waals surface area contributed by atoms with E-state index in [4.69, 9.17) is 14.2 Å². The van der Waals surface area contributed by atoms with Gasteiger partial charge in [-0.1, -0.05) is 66.7 Å². The van der Waals surface area contributed by atoms with Gasteiger partial charge in [-0.3, -0.25) is 29.1 Å².